The van der Waals surface area contributed by atoms with Crippen molar-refractivity contribution in [2.45, 2.75) is 50.1 Å². The minimum Gasteiger partial charge on any atom is -0.480 e. The van der Waals surface area contributed by atoms with E-state index in [4.69, 9.17) is 9.47 Å². The van der Waals surface area contributed by atoms with Crippen molar-refractivity contribution in [1.29, 1.82) is 0 Å². The van der Waals surface area contributed by atoms with Gasteiger partial charge in [0, 0.05) is 25.7 Å². The first-order chi connectivity index (χ1) is 17.0. The maximum atomic E-state index is 12.8. The number of nitrogens with one attached hydrogen (secondary N) is 2. The molecule has 0 radical (unpaired) electrons. The molecule has 2 aromatic carbocycles. The number of benzene rings is 2. The summed E-state index contributed by atoms with van der Waals surface area (Å²) in [5.74, 6) is -1.95. The third-order valence-corrected chi connectivity index (χ3v) is 6.96. The predicted octanol–water partition coefficient (Wildman–Crippen LogP) is 3.69. The highest BCUT2D eigenvalue weighted by atomic mass is 16.5. The Balaban J connectivity index is 1.33. The number of methoxy groups -OCH3 is 1. The molecule has 2 aromatic rings. The highest BCUT2D eigenvalue weighted by Crippen LogP contribution is 2.44. The second-order valence-corrected chi connectivity index (χ2v) is 9.15. The molecule has 8 heteroatoms. The summed E-state index contributed by atoms with van der Waals surface area (Å²) in [6, 6.07) is 14.9. The molecular weight excluding hydrogens is 448 g/mol. The van der Waals surface area contributed by atoms with Crippen LogP contribution >= 0.6 is 0 Å². The number of carbonyl (C=O) groups is 3. The SMILES string of the molecule is COCCCC(NC(=O)C1CCCC1NC(=O)OCC1c2ccccc2-c2ccccc21)C(=O)O. The number of alkyl carbamates (subject to hydrolysis) is 1. The number of amides is 2. The molecule has 4 rings (SSSR count). The van der Waals surface area contributed by atoms with Gasteiger partial charge in [-0.1, -0.05) is 55.0 Å². The van der Waals surface area contributed by atoms with Gasteiger partial charge in [-0.15, -0.1) is 0 Å². The van der Waals surface area contributed by atoms with E-state index in [-0.39, 0.29) is 30.9 Å². The number of fused-ring (bicyclic) bond motifs is 3. The molecule has 0 saturated heterocycles. The van der Waals surface area contributed by atoms with E-state index < -0.39 is 24.0 Å². The molecule has 0 heterocycles. The van der Waals surface area contributed by atoms with Gasteiger partial charge in [-0.2, -0.15) is 0 Å². The Bertz CT molecular complexity index is 1030. The van der Waals surface area contributed by atoms with Crippen LogP contribution in [0, 0.1) is 5.92 Å². The molecule has 2 aliphatic rings. The molecule has 0 aliphatic heterocycles. The smallest absolute Gasteiger partial charge is 0.407 e. The van der Waals surface area contributed by atoms with Crippen molar-refractivity contribution in [2.75, 3.05) is 20.3 Å². The normalized spacial score (nSPS) is 19.5. The number of rotatable bonds is 10. The lowest BCUT2D eigenvalue weighted by Crippen LogP contribution is -2.49. The summed E-state index contributed by atoms with van der Waals surface area (Å²) >= 11 is 0. The molecule has 2 aliphatic carbocycles. The second kappa shape index (κ2) is 11.4. The number of carboxylic acid groups (broad SMARTS) is 1. The molecule has 1 saturated carbocycles. The summed E-state index contributed by atoms with van der Waals surface area (Å²) in [4.78, 5) is 37.1. The molecule has 3 unspecified atom stereocenters. The maximum Gasteiger partial charge on any atom is 0.407 e. The summed E-state index contributed by atoms with van der Waals surface area (Å²) in [6.07, 6.45) is 2.25. The standard InChI is InChI=1S/C27H32N2O6/c1-34-15-7-14-24(26(31)32)28-25(30)21-12-6-13-23(21)29-27(33)35-16-22-19-10-4-2-8-17(19)18-9-3-5-11-20(18)22/h2-5,8-11,21-24H,6-7,12-16H2,1H3,(H,28,30)(H,29,33)(H,31,32). The minimum atomic E-state index is -1.08. The fraction of sp³-hybridized carbons (Fsp3) is 0.444. The summed E-state index contributed by atoms with van der Waals surface area (Å²) < 4.78 is 10.6. The van der Waals surface area contributed by atoms with Gasteiger partial charge in [0.05, 0.1) is 5.92 Å². The lowest BCUT2D eigenvalue weighted by molar-refractivity contribution is -0.142. The molecule has 2 amide bonds. The van der Waals surface area contributed by atoms with Crippen molar-refractivity contribution in [3.8, 4) is 11.1 Å². The fourth-order valence-electron chi connectivity index (χ4n) is 5.21. The number of hydrogen-bond donors (Lipinski definition) is 3. The number of carboxylic acids is 1. The largest absolute Gasteiger partial charge is 0.480 e. The van der Waals surface area contributed by atoms with Crippen LogP contribution in [0.3, 0.4) is 0 Å². The molecule has 3 atom stereocenters. The van der Waals surface area contributed by atoms with Crippen LogP contribution in [0.4, 0.5) is 4.79 Å². The van der Waals surface area contributed by atoms with Gasteiger partial charge in [-0.25, -0.2) is 9.59 Å². The van der Waals surface area contributed by atoms with E-state index in [9.17, 15) is 19.5 Å². The van der Waals surface area contributed by atoms with Gasteiger partial charge in [0.1, 0.15) is 12.6 Å². The molecule has 35 heavy (non-hydrogen) atoms. The van der Waals surface area contributed by atoms with Crippen molar-refractivity contribution in [3.63, 3.8) is 0 Å². The quantitative estimate of drug-likeness (QED) is 0.447. The highest BCUT2D eigenvalue weighted by molar-refractivity contribution is 5.86. The summed E-state index contributed by atoms with van der Waals surface area (Å²) in [6.45, 7) is 0.624. The van der Waals surface area contributed by atoms with Crippen molar-refractivity contribution in [2.24, 2.45) is 5.92 Å². The molecule has 0 aromatic heterocycles. The number of aliphatic carboxylic acids is 1. The Labute approximate surface area is 205 Å². The topological polar surface area (TPSA) is 114 Å². The van der Waals surface area contributed by atoms with Crippen molar-refractivity contribution in [1.82, 2.24) is 10.6 Å². The Morgan fingerprint density at radius 2 is 1.69 bits per heavy atom. The van der Waals surface area contributed by atoms with Crippen LogP contribution in [0.1, 0.15) is 49.1 Å². The molecule has 0 bridgehead atoms. The van der Waals surface area contributed by atoms with E-state index >= 15 is 0 Å². The summed E-state index contributed by atoms with van der Waals surface area (Å²) in [7, 11) is 1.55. The zero-order valence-electron chi connectivity index (χ0n) is 19.9. The lowest BCUT2D eigenvalue weighted by atomic mass is 9.98. The zero-order chi connectivity index (χ0) is 24.8. The third kappa shape index (κ3) is 5.65. The Morgan fingerprint density at radius 1 is 1.03 bits per heavy atom. The monoisotopic (exact) mass is 480 g/mol. The molecular formula is C27H32N2O6. The third-order valence-electron chi connectivity index (χ3n) is 6.96. The van der Waals surface area contributed by atoms with E-state index in [0.29, 0.717) is 25.9 Å². The van der Waals surface area contributed by atoms with Gasteiger partial charge in [-0.3, -0.25) is 4.79 Å². The van der Waals surface area contributed by atoms with Crippen LogP contribution in [0.15, 0.2) is 48.5 Å². The molecule has 8 nitrogen and oxygen atoms in total. The first-order valence-corrected chi connectivity index (χ1v) is 12.1. The minimum absolute atomic E-state index is 0.0424. The zero-order valence-corrected chi connectivity index (χ0v) is 19.9. The molecule has 0 spiro atoms. The van der Waals surface area contributed by atoms with E-state index in [1.807, 2.05) is 24.3 Å². The lowest BCUT2D eigenvalue weighted by Gasteiger charge is -2.23. The molecule has 3 N–H and O–H groups in total. The number of hydrogen-bond acceptors (Lipinski definition) is 5. The fourth-order valence-corrected chi connectivity index (χ4v) is 5.21. The highest BCUT2D eigenvalue weighted by Gasteiger charge is 2.36. The Morgan fingerprint density at radius 3 is 2.31 bits per heavy atom. The van der Waals surface area contributed by atoms with Gasteiger partial charge >= 0.3 is 12.1 Å². The van der Waals surface area contributed by atoms with E-state index in [0.717, 1.165) is 28.7 Å². The summed E-state index contributed by atoms with van der Waals surface area (Å²) in [5, 5.41) is 14.9. The predicted molar refractivity (Wildman–Crippen MR) is 130 cm³/mol. The second-order valence-electron chi connectivity index (χ2n) is 9.15. The van der Waals surface area contributed by atoms with E-state index in [1.165, 1.54) is 0 Å². The van der Waals surface area contributed by atoms with Crippen molar-refractivity contribution >= 4 is 18.0 Å². The Kier molecular flexibility index (Phi) is 8.02. The Hall–Kier alpha value is -3.39. The average molecular weight is 481 g/mol. The average Bonchev–Trinajstić information content (AvgIpc) is 3.44. The van der Waals surface area contributed by atoms with Gasteiger partial charge in [-0.05, 0) is 47.9 Å². The van der Waals surface area contributed by atoms with Crippen molar-refractivity contribution < 1.29 is 29.0 Å². The van der Waals surface area contributed by atoms with Gasteiger partial charge in [0.25, 0.3) is 0 Å². The first kappa shape index (κ1) is 24.7. The molecule has 1 fully saturated rings. The number of ether oxygens (including phenoxy) is 2. The van der Waals surface area contributed by atoms with Crippen LogP contribution < -0.4 is 10.6 Å². The van der Waals surface area contributed by atoms with E-state index in [1.54, 1.807) is 7.11 Å². The van der Waals surface area contributed by atoms with Crippen LogP contribution in [0.5, 0.6) is 0 Å². The number of carbonyl (C=O) groups excluding carboxylic acids is 2. The van der Waals surface area contributed by atoms with Crippen LogP contribution in [0.2, 0.25) is 0 Å². The molecule has 186 valence electrons. The summed E-state index contributed by atoms with van der Waals surface area (Å²) in [5.41, 5.74) is 4.58. The van der Waals surface area contributed by atoms with Crippen LogP contribution in [0.25, 0.3) is 11.1 Å². The maximum absolute atomic E-state index is 12.8. The van der Waals surface area contributed by atoms with Gasteiger partial charge in [0.15, 0.2) is 0 Å². The van der Waals surface area contributed by atoms with Crippen LogP contribution in [-0.4, -0.2) is 55.5 Å². The van der Waals surface area contributed by atoms with Gasteiger partial charge in [0.2, 0.25) is 5.91 Å². The van der Waals surface area contributed by atoms with Crippen molar-refractivity contribution in [3.05, 3.63) is 59.7 Å². The first-order valence-electron chi connectivity index (χ1n) is 12.1. The van der Waals surface area contributed by atoms with Crippen LogP contribution in [-0.2, 0) is 19.1 Å². The van der Waals surface area contributed by atoms with Gasteiger partial charge < -0.3 is 25.2 Å². The van der Waals surface area contributed by atoms with E-state index in [2.05, 4.69) is 34.9 Å².